The zero-order chi connectivity index (χ0) is 15.9. The Kier molecular flexibility index (Phi) is 5.48. The van der Waals surface area contributed by atoms with Gasteiger partial charge in [0.2, 0.25) is 0 Å². The molecule has 0 amide bonds. The Hall–Kier alpha value is -2.41. The molecule has 118 valence electrons. The summed E-state index contributed by atoms with van der Waals surface area (Å²) in [6.07, 6.45) is 9.45. The average molecular weight is 304 g/mol. The molecule has 1 aliphatic carbocycles. The van der Waals surface area contributed by atoms with Crippen LogP contribution in [0.5, 0.6) is 0 Å². The number of hydrogen-bond acceptors (Lipinski definition) is 4. The monoisotopic (exact) mass is 304 g/mol. The summed E-state index contributed by atoms with van der Waals surface area (Å²) in [4.78, 5) is 17.1. The number of nitrogens with zero attached hydrogens (tertiary/aromatic N) is 3. The topological polar surface area (TPSA) is 114 Å². The van der Waals surface area contributed by atoms with Gasteiger partial charge < -0.3 is 20.5 Å². The van der Waals surface area contributed by atoms with Crippen molar-refractivity contribution in [3.63, 3.8) is 0 Å². The van der Waals surface area contributed by atoms with Gasteiger partial charge in [0.25, 0.3) is 0 Å². The summed E-state index contributed by atoms with van der Waals surface area (Å²) in [6.45, 7) is 0.800. The van der Waals surface area contributed by atoms with Crippen molar-refractivity contribution in [1.82, 2.24) is 14.5 Å². The molecule has 2 atom stereocenters. The third-order valence-electron chi connectivity index (χ3n) is 3.64. The van der Waals surface area contributed by atoms with Crippen LogP contribution in [0.2, 0.25) is 0 Å². The number of imidazole rings is 1. The number of pyridine rings is 1. The second-order valence-corrected chi connectivity index (χ2v) is 5.23. The second-order valence-electron chi connectivity index (χ2n) is 5.23. The van der Waals surface area contributed by atoms with E-state index in [0.717, 1.165) is 24.6 Å². The summed E-state index contributed by atoms with van der Waals surface area (Å²) in [6, 6.07) is 3.98. The molecule has 1 fully saturated rings. The molecule has 2 aromatic heterocycles. The summed E-state index contributed by atoms with van der Waals surface area (Å²) in [7, 11) is 0. The van der Waals surface area contributed by atoms with Gasteiger partial charge in [0, 0.05) is 30.2 Å². The standard InChI is InChI=1S/C14H18N4.CH2O3/c15-5-1-2-11-8-13(11)14-9-18(10-17-14)12-3-6-16-7-4-12;2-1(3)4/h3-4,6-7,9-11,13H,1-2,5,8,15H2;(H2,2,3,4). The summed E-state index contributed by atoms with van der Waals surface area (Å²) < 4.78 is 2.06. The van der Waals surface area contributed by atoms with E-state index < -0.39 is 6.16 Å². The van der Waals surface area contributed by atoms with E-state index in [2.05, 4.69) is 20.7 Å². The third kappa shape index (κ3) is 4.56. The Labute approximate surface area is 128 Å². The molecule has 2 unspecified atom stereocenters. The molecule has 0 saturated heterocycles. The first-order valence-electron chi connectivity index (χ1n) is 7.18. The molecule has 1 saturated carbocycles. The Balaban J connectivity index is 0.000000396. The van der Waals surface area contributed by atoms with Gasteiger partial charge in [0.05, 0.1) is 12.0 Å². The minimum Gasteiger partial charge on any atom is -0.450 e. The smallest absolute Gasteiger partial charge is 0.450 e. The van der Waals surface area contributed by atoms with E-state index in [-0.39, 0.29) is 0 Å². The van der Waals surface area contributed by atoms with Crippen LogP contribution >= 0.6 is 0 Å². The van der Waals surface area contributed by atoms with Crippen molar-refractivity contribution < 1.29 is 15.0 Å². The Morgan fingerprint density at radius 2 is 2.05 bits per heavy atom. The van der Waals surface area contributed by atoms with Crippen LogP contribution in [-0.2, 0) is 0 Å². The summed E-state index contributed by atoms with van der Waals surface area (Å²) >= 11 is 0. The molecule has 2 heterocycles. The van der Waals surface area contributed by atoms with Crippen LogP contribution in [0, 0.1) is 5.92 Å². The summed E-state index contributed by atoms with van der Waals surface area (Å²) in [5.74, 6) is 1.45. The molecule has 0 aliphatic heterocycles. The maximum Gasteiger partial charge on any atom is 0.503 e. The lowest BCUT2D eigenvalue weighted by Crippen LogP contribution is -1.98. The highest BCUT2D eigenvalue weighted by atomic mass is 16.6. The fourth-order valence-electron chi connectivity index (χ4n) is 2.50. The van der Waals surface area contributed by atoms with Crippen LogP contribution < -0.4 is 5.73 Å². The van der Waals surface area contributed by atoms with Crippen molar-refractivity contribution in [3.8, 4) is 5.69 Å². The fourth-order valence-corrected chi connectivity index (χ4v) is 2.50. The van der Waals surface area contributed by atoms with E-state index in [4.69, 9.17) is 20.7 Å². The lowest BCUT2D eigenvalue weighted by Gasteiger charge is -1.99. The van der Waals surface area contributed by atoms with Crippen molar-refractivity contribution in [3.05, 3.63) is 42.7 Å². The molecular formula is C15H20N4O3. The minimum atomic E-state index is -1.83. The highest BCUT2D eigenvalue weighted by Crippen LogP contribution is 2.49. The van der Waals surface area contributed by atoms with Crippen LogP contribution in [0.25, 0.3) is 5.69 Å². The molecule has 7 nitrogen and oxygen atoms in total. The summed E-state index contributed by atoms with van der Waals surface area (Å²) in [5.41, 5.74) is 7.87. The number of aromatic nitrogens is 3. The maximum absolute atomic E-state index is 8.56. The molecule has 1 aliphatic rings. The highest BCUT2D eigenvalue weighted by Gasteiger charge is 2.38. The van der Waals surface area contributed by atoms with Gasteiger partial charge in [-0.05, 0) is 43.9 Å². The Morgan fingerprint density at radius 3 is 2.68 bits per heavy atom. The van der Waals surface area contributed by atoms with Crippen molar-refractivity contribution in [1.29, 1.82) is 0 Å². The minimum absolute atomic E-state index is 0.652. The van der Waals surface area contributed by atoms with Crippen molar-refractivity contribution in [2.45, 2.75) is 25.2 Å². The van der Waals surface area contributed by atoms with Gasteiger partial charge >= 0.3 is 6.16 Å². The van der Waals surface area contributed by atoms with Crippen molar-refractivity contribution in [2.75, 3.05) is 6.54 Å². The van der Waals surface area contributed by atoms with Gasteiger partial charge in [0.1, 0.15) is 0 Å². The van der Waals surface area contributed by atoms with Gasteiger partial charge in [-0.3, -0.25) is 4.98 Å². The number of carboxylic acid groups (broad SMARTS) is 2. The Bertz CT molecular complexity index is 596. The molecule has 0 radical (unpaired) electrons. The van der Waals surface area contributed by atoms with Crippen LogP contribution in [0.15, 0.2) is 37.1 Å². The van der Waals surface area contributed by atoms with Crippen LogP contribution in [0.4, 0.5) is 4.79 Å². The number of rotatable bonds is 5. The lowest BCUT2D eigenvalue weighted by atomic mass is 10.1. The number of nitrogens with two attached hydrogens (primary N) is 1. The maximum atomic E-state index is 8.56. The largest absolute Gasteiger partial charge is 0.503 e. The molecule has 7 heteroatoms. The molecule has 3 rings (SSSR count). The fraction of sp³-hybridized carbons (Fsp3) is 0.400. The van der Waals surface area contributed by atoms with E-state index in [9.17, 15) is 0 Å². The van der Waals surface area contributed by atoms with E-state index in [1.165, 1.54) is 18.5 Å². The molecule has 0 spiro atoms. The van der Waals surface area contributed by atoms with E-state index in [0.29, 0.717) is 5.92 Å². The zero-order valence-corrected chi connectivity index (χ0v) is 12.2. The molecule has 22 heavy (non-hydrogen) atoms. The molecule has 0 aromatic carbocycles. The third-order valence-corrected chi connectivity index (χ3v) is 3.64. The average Bonchev–Trinajstić information content (AvgIpc) is 3.11. The number of carbonyl (C=O) groups is 1. The van der Waals surface area contributed by atoms with E-state index in [1.807, 2.05) is 18.5 Å². The zero-order valence-electron chi connectivity index (χ0n) is 12.2. The molecule has 0 bridgehead atoms. The van der Waals surface area contributed by atoms with Gasteiger partial charge in [-0.2, -0.15) is 0 Å². The van der Waals surface area contributed by atoms with Gasteiger partial charge in [-0.25, -0.2) is 9.78 Å². The van der Waals surface area contributed by atoms with Gasteiger partial charge in [0.15, 0.2) is 0 Å². The normalized spacial score (nSPS) is 19.1. The Morgan fingerprint density at radius 1 is 1.36 bits per heavy atom. The highest BCUT2D eigenvalue weighted by molar-refractivity contribution is 5.53. The molecule has 4 N–H and O–H groups in total. The van der Waals surface area contributed by atoms with E-state index >= 15 is 0 Å². The SMILES string of the molecule is NCCCC1CC1c1cn(-c2ccncc2)cn1.O=C(O)O. The van der Waals surface area contributed by atoms with E-state index in [1.54, 1.807) is 12.4 Å². The molecule has 2 aromatic rings. The van der Waals surface area contributed by atoms with Crippen molar-refractivity contribution >= 4 is 6.16 Å². The second kappa shape index (κ2) is 7.56. The first-order chi connectivity index (χ1) is 10.6. The summed E-state index contributed by atoms with van der Waals surface area (Å²) in [5, 5.41) is 13.9. The predicted molar refractivity (Wildman–Crippen MR) is 81.1 cm³/mol. The quantitative estimate of drug-likeness (QED) is 0.781. The van der Waals surface area contributed by atoms with Crippen LogP contribution in [-0.4, -0.2) is 37.4 Å². The van der Waals surface area contributed by atoms with Crippen molar-refractivity contribution in [2.24, 2.45) is 11.7 Å². The predicted octanol–water partition coefficient (Wildman–Crippen LogP) is 2.33. The molecular weight excluding hydrogens is 284 g/mol. The van der Waals surface area contributed by atoms with Crippen LogP contribution in [0.3, 0.4) is 0 Å². The van der Waals surface area contributed by atoms with Gasteiger partial charge in [-0.1, -0.05) is 0 Å². The van der Waals surface area contributed by atoms with Gasteiger partial charge in [-0.15, -0.1) is 0 Å². The lowest BCUT2D eigenvalue weighted by molar-refractivity contribution is 0.137. The first kappa shape index (κ1) is 16.0. The number of hydrogen-bond donors (Lipinski definition) is 3. The van der Waals surface area contributed by atoms with Crippen LogP contribution in [0.1, 0.15) is 30.9 Å². The first-order valence-corrected chi connectivity index (χ1v) is 7.18.